The lowest BCUT2D eigenvalue weighted by molar-refractivity contribution is -0.136. The minimum atomic E-state index is -0.903. The van der Waals surface area contributed by atoms with E-state index in [-0.39, 0.29) is 19.0 Å². The molecule has 0 aliphatic heterocycles. The van der Waals surface area contributed by atoms with E-state index in [1.165, 1.54) is 0 Å². The van der Waals surface area contributed by atoms with Gasteiger partial charge in [0, 0.05) is 74.1 Å². The first-order chi connectivity index (χ1) is 24.2. The fourth-order valence-corrected chi connectivity index (χ4v) is 5.75. The molecule has 2 aromatic carbocycles. The fraction of sp³-hybridized carbons (Fsp3) is 0.211. The number of nitrogens with one attached hydrogen (secondary N) is 4. The van der Waals surface area contributed by atoms with Crippen LogP contribution in [0.4, 0.5) is 23.0 Å². The normalized spacial score (nSPS) is 11.1. The predicted octanol–water partition coefficient (Wildman–Crippen LogP) is 5.70. The number of pyridine rings is 4. The number of amides is 1. The van der Waals surface area contributed by atoms with Crippen LogP contribution in [0.5, 0.6) is 0 Å². The second-order valence-electron chi connectivity index (χ2n) is 12.2. The number of aromatic nitrogens is 4. The van der Waals surface area contributed by atoms with E-state index in [1.54, 1.807) is 37.6 Å². The van der Waals surface area contributed by atoms with Gasteiger partial charge in [-0.2, -0.15) is 0 Å². The third kappa shape index (κ3) is 7.67. The van der Waals surface area contributed by atoms with Crippen LogP contribution in [0.25, 0.3) is 32.9 Å². The lowest BCUT2D eigenvalue weighted by Gasteiger charge is -2.18. The van der Waals surface area contributed by atoms with E-state index in [4.69, 9.17) is 10.1 Å². The number of aliphatic carboxylic acids is 1. The smallest absolute Gasteiger partial charge is 0.317 e. The quantitative estimate of drug-likeness (QED) is 0.103. The van der Waals surface area contributed by atoms with Crippen molar-refractivity contribution in [1.82, 2.24) is 35.5 Å². The van der Waals surface area contributed by atoms with Crippen LogP contribution in [-0.2, 0) is 22.7 Å². The monoisotopic (exact) mass is 669 g/mol. The standard InChI is InChI=1S/C38H39N9O3/c1-23-29(7-5-9-31(23)45-37-35-27(11-13-41-37)15-25(19-43-35)17-39-21-33(48)47(3)4)30-8-6-10-32(24(30)2)46-38-36-28(12-14-42-38)16-26(20-44-36)18-40-22-34(49)50/h5-16,19-20,39-40H,17-18,21-22H2,1-4H3,(H,41,45)(H,42,46)(H,49,50). The minimum absolute atomic E-state index is 0.0184. The summed E-state index contributed by atoms with van der Waals surface area (Å²) >= 11 is 0. The van der Waals surface area contributed by atoms with Crippen LogP contribution in [0.2, 0.25) is 0 Å². The van der Waals surface area contributed by atoms with Gasteiger partial charge in [-0.05, 0) is 83.6 Å². The summed E-state index contributed by atoms with van der Waals surface area (Å²) in [5, 5.41) is 23.9. The Morgan fingerprint density at radius 3 is 1.62 bits per heavy atom. The largest absolute Gasteiger partial charge is 0.480 e. The zero-order valence-corrected chi connectivity index (χ0v) is 28.4. The molecule has 0 atom stereocenters. The first-order valence-electron chi connectivity index (χ1n) is 16.2. The molecule has 6 rings (SSSR count). The van der Waals surface area contributed by atoms with Gasteiger partial charge in [0.05, 0.1) is 13.1 Å². The lowest BCUT2D eigenvalue weighted by Crippen LogP contribution is -2.32. The van der Waals surface area contributed by atoms with Crippen LogP contribution >= 0.6 is 0 Å². The molecule has 4 aromatic heterocycles. The van der Waals surface area contributed by atoms with Crippen molar-refractivity contribution < 1.29 is 14.7 Å². The number of hydrogen-bond acceptors (Lipinski definition) is 10. The average molecular weight is 670 g/mol. The van der Waals surface area contributed by atoms with E-state index < -0.39 is 5.97 Å². The summed E-state index contributed by atoms with van der Waals surface area (Å²) in [6.07, 6.45) is 7.06. The van der Waals surface area contributed by atoms with E-state index in [1.807, 2.05) is 48.7 Å². The lowest BCUT2D eigenvalue weighted by atomic mass is 9.94. The number of likely N-dealkylation sites (N-methyl/N-ethyl adjacent to an activating group) is 1. The van der Waals surface area contributed by atoms with Crippen LogP contribution < -0.4 is 21.3 Å². The number of carboxylic acids is 1. The topological polar surface area (TPSA) is 157 Å². The van der Waals surface area contributed by atoms with Crippen LogP contribution in [0.1, 0.15) is 22.3 Å². The Morgan fingerprint density at radius 1 is 0.680 bits per heavy atom. The van der Waals surface area contributed by atoms with Gasteiger partial charge in [0.2, 0.25) is 5.91 Å². The average Bonchev–Trinajstić information content (AvgIpc) is 3.10. The van der Waals surface area contributed by atoms with Crippen molar-refractivity contribution in [3.8, 4) is 11.1 Å². The van der Waals surface area contributed by atoms with Gasteiger partial charge in [-0.1, -0.05) is 24.3 Å². The Balaban J connectivity index is 1.22. The molecule has 0 spiro atoms. The molecule has 4 heterocycles. The third-order valence-electron chi connectivity index (χ3n) is 8.49. The molecule has 0 aliphatic rings. The molecular weight excluding hydrogens is 630 g/mol. The van der Waals surface area contributed by atoms with Gasteiger partial charge in [-0.15, -0.1) is 0 Å². The van der Waals surface area contributed by atoms with Crippen molar-refractivity contribution in [2.24, 2.45) is 0 Å². The SMILES string of the molecule is Cc1c(Nc2nccc3cc(CNCC(=O)O)cnc23)cccc1-c1cccc(Nc2nccc3cc(CNCC(=O)N(C)C)cnc23)c1C. The van der Waals surface area contributed by atoms with Crippen molar-refractivity contribution in [3.05, 3.63) is 108 Å². The first kappa shape index (κ1) is 33.9. The number of rotatable bonds is 13. The molecule has 0 fully saturated rings. The van der Waals surface area contributed by atoms with Crippen molar-refractivity contribution in [2.45, 2.75) is 26.9 Å². The van der Waals surface area contributed by atoms with E-state index in [0.717, 1.165) is 66.6 Å². The number of hydrogen-bond donors (Lipinski definition) is 5. The van der Waals surface area contributed by atoms with E-state index >= 15 is 0 Å². The van der Waals surface area contributed by atoms with Gasteiger partial charge in [0.25, 0.3) is 0 Å². The zero-order chi connectivity index (χ0) is 35.2. The zero-order valence-electron chi connectivity index (χ0n) is 28.4. The first-order valence-corrected chi connectivity index (χ1v) is 16.2. The van der Waals surface area contributed by atoms with Gasteiger partial charge in [-0.25, -0.2) is 9.97 Å². The molecule has 0 aliphatic carbocycles. The molecule has 0 unspecified atom stereocenters. The highest BCUT2D eigenvalue weighted by atomic mass is 16.4. The number of fused-ring (bicyclic) bond motifs is 2. The molecule has 5 N–H and O–H groups in total. The summed E-state index contributed by atoms with van der Waals surface area (Å²) in [5.74, 6) is 0.410. The highest BCUT2D eigenvalue weighted by molar-refractivity contribution is 5.93. The molecule has 1 amide bonds. The van der Waals surface area contributed by atoms with Crippen molar-refractivity contribution >= 4 is 56.7 Å². The summed E-state index contributed by atoms with van der Waals surface area (Å²) in [6.45, 7) is 5.26. The molecule has 0 saturated heterocycles. The molecule has 0 bridgehead atoms. The molecule has 6 aromatic rings. The van der Waals surface area contributed by atoms with Crippen LogP contribution in [0, 0.1) is 13.8 Å². The van der Waals surface area contributed by atoms with Crippen LogP contribution in [0.3, 0.4) is 0 Å². The van der Waals surface area contributed by atoms with E-state index in [2.05, 4.69) is 68.3 Å². The highest BCUT2D eigenvalue weighted by Crippen LogP contribution is 2.36. The Labute approximate surface area is 290 Å². The summed E-state index contributed by atoms with van der Waals surface area (Å²) < 4.78 is 0. The molecule has 0 saturated carbocycles. The molecule has 12 nitrogen and oxygen atoms in total. The van der Waals surface area contributed by atoms with Crippen LogP contribution in [-0.4, -0.2) is 69.0 Å². The maximum absolute atomic E-state index is 11.9. The van der Waals surface area contributed by atoms with Crippen LogP contribution in [0.15, 0.2) is 85.5 Å². The number of anilines is 4. The number of benzene rings is 2. The number of nitrogens with zero attached hydrogens (tertiary/aromatic N) is 5. The maximum Gasteiger partial charge on any atom is 0.317 e. The highest BCUT2D eigenvalue weighted by Gasteiger charge is 2.15. The third-order valence-corrected chi connectivity index (χ3v) is 8.49. The Bertz CT molecular complexity index is 2200. The van der Waals surface area contributed by atoms with E-state index in [9.17, 15) is 9.59 Å². The van der Waals surface area contributed by atoms with Gasteiger partial charge in [0.1, 0.15) is 11.0 Å². The Kier molecular flexibility index (Phi) is 10.2. The molecule has 50 heavy (non-hydrogen) atoms. The Hall–Kier alpha value is -5.98. The molecule has 254 valence electrons. The minimum Gasteiger partial charge on any atom is -0.480 e. The van der Waals surface area contributed by atoms with Crippen molar-refractivity contribution in [2.75, 3.05) is 37.8 Å². The number of carboxylic acid groups (broad SMARTS) is 1. The Morgan fingerprint density at radius 2 is 1.16 bits per heavy atom. The fourth-order valence-electron chi connectivity index (χ4n) is 5.75. The summed E-state index contributed by atoms with van der Waals surface area (Å²) in [6, 6.07) is 20.2. The molecular formula is C38H39N9O3. The van der Waals surface area contributed by atoms with E-state index in [0.29, 0.717) is 24.7 Å². The van der Waals surface area contributed by atoms with Gasteiger partial charge in [-0.3, -0.25) is 19.6 Å². The second-order valence-corrected chi connectivity index (χ2v) is 12.2. The van der Waals surface area contributed by atoms with Crippen molar-refractivity contribution in [1.29, 1.82) is 0 Å². The summed E-state index contributed by atoms with van der Waals surface area (Å²) in [4.78, 5) is 42.9. The molecule has 0 radical (unpaired) electrons. The number of carbonyl (C=O) groups is 2. The maximum atomic E-state index is 11.9. The number of carbonyl (C=O) groups excluding carboxylic acids is 1. The van der Waals surface area contributed by atoms with Gasteiger partial charge < -0.3 is 31.3 Å². The summed E-state index contributed by atoms with van der Waals surface area (Å²) in [5.41, 5.74) is 9.44. The van der Waals surface area contributed by atoms with Gasteiger partial charge >= 0.3 is 5.97 Å². The van der Waals surface area contributed by atoms with Crippen molar-refractivity contribution in [3.63, 3.8) is 0 Å². The molecule has 12 heteroatoms. The van der Waals surface area contributed by atoms with Gasteiger partial charge in [0.15, 0.2) is 11.6 Å². The second kappa shape index (κ2) is 15.1. The summed E-state index contributed by atoms with van der Waals surface area (Å²) in [7, 11) is 3.48. The predicted molar refractivity (Wildman–Crippen MR) is 197 cm³/mol.